The smallest absolute Gasteiger partial charge is 0.300 e. The summed E-state index contributed by atoms with van der Waals surface area (Å²) in [5.41, 5.74) is 3.25. The van der Waals surface area contributed by atoms with E-state index in [9.17, 15) is 14.7 Å². The maximum Gasteiger partial charge on any atom is 0.300 e. The second-order valence-corrected chi connectivity index (χ2v) is 9.16. The fourth-order valence-electron chi connectivity index (χ4n) is 4.25. The van der Waals surface area contributed by atoms with Gasteiger partial charge < -0.3 is 10.1 Å². The van der Waals surface area contributed by atoms with Crippen molar-refractivity contribution in [3.8, 4) is 0 Å². The average Bonchev–Trinajstić information content (AvgIpc) is 3.52. The molecule has 1 atom stereocenters. The molecule has 0 saturated carbocycles. The number of hydrogen-bond acceptors (Lipinski definition) is 4. The van der Waals surface area contributed by atoms with Crippen molar-refractivity contribution in [1.29, 1.82) is 0 Å². The van der Waals surface area contributed by atoms with Crippen molar-refractivity contribution >= 4 is 45.4 Å². The van der Waals surface area contributed by atoms with Gasteiger partial charge in [0.1, 0.15) is 11.8 Å². The van der Waals surface area contributed by atoms with Gasteiger partial charge in [-0.2, -0.15) is 0 Å². The molecule has 1 unspecified atom stereocenters. The molecule has 2 aromatic heterocycles. The highest BCUT2D eigenvalue weighted by atomic mass is 32.1. The Hall–Kier alpha value is -3.64. The van der Waals surface area contributed by atoms with E-state index < -0.39 is 17.7 Å². The molecule has 0 aliphatic carbocycles. The van der Waals surface area contributed by atoms with E-state index >= 15 is 0 Å². The molecule has 6 heteroatoms. The molecule has 0 bridgehead atoms. The van der Waals surface area contributed by atoms with Crippen LogP contribution in [0.1, 0.15) is 41.8 Å². The number of H-pyrrole nitrogens is 1. The zero-order valence-corrected chi connectivity index (χ0v) is 18.5. The van der Waals surface area contributed by atoms with Gasteiger partial charge in [0.15, 0.2) is 0 Å². The fraction of sp³-hybridized carbons (Fsp3) is 0.154. The molecule has 0 radical (unpaired) electrons. The highest BCUT2D eigenvalue weighted by Crippen LogP contribution is 2.44. The van der Waals surface area contributed by atoms with E-state index in [1.54, 1.807) is 6.20 Å². The summed E-state index contributed by atoms with van der Waals surface area (Å²) in [7, 11) is 0. The Kier molecular flexibility index (Phi) is 4.94. The predicted molar refractivity (Wildman–Crippen MR) is 128 cm³/mol. The van der Waals surface area contributed by atoms with Gasteiger partial charge in [-0.15, -0.1) is 11.3 Å². The van der Waals surface area contributed by atoms with E-state index in [-0.39, 0.29) is 11.3 Å². The van der Waals surface area contributed by atoms with Gasteiger partial charge in [0.05, 0.1) is 5.57 Å². The molecule has 1 fully saturated rings. The maximum absolute atomic E-state index is 13.2. The standard InChI is InChI=1S/C26H22N2O3S/c1-15(2)16-9-11-17(12-10-16)28-23(21-8-5-13-32-21)22(25(30)26(28)31)24(29)19-14-27-20-7-4-3-6-18(19)20/h3-15,23,27,29H,1-2H3/b24-22-. The van der Waals surface area contributed by atoms with Crippen LogP contribution in [-0.4, -0.2) is 21.8 Å². The molecule has 32 heavy (non-hydrogen) atoms. The second-order valence-electron chi connectivity index (χ2n) is 8.18. The van der Waals surface area contributed by atoms with E-state index in [0.717, 1.165) is 21.3 Å². The summed E-state index contributed by atoms with van der Waals surface area (Å²) in [6, 6.07) is 18.3. The van der Waals surface area contributed by atoms with E-state index in [4.69, 9.17) is 0 Å². The molecule has 1 aliphatic heterocycles. The molecule has 1 amide bonds. The van der Waals surface area contributed by atoms with E-state index in [0.29, 0.717) is 17.2 Å². The van der Waals surface area contributed by atoms with Gasteiger partial charge in [-0.25, -0.2) is 0 Å². The van der Waals surface area contributed by atoms with Crippen molar-refractivity contribution in [2.45, 2.75) is 25.8 Å². The van der Waals surface area contributed by atoms with Gasteiger partial charge in [-0.3, -0.25) is 14.5 Å². The average molecular weight is 443 g/mol. The summed E-state index contributed by atoms with van der Waals surface area (Å²) in [6.45, 7) is 4.21. The number of aliphatic hydroxyl groups is 1. The summed E-state index contributed by atoms with van der Waals surface area (Å²) in [5, 5.41) is 14.0. The normalized spacial score (nSPS) is 18.2. The van der Waals surface area contributed by atoms with Crippen molar-refractivity contribution in [1.82, 2.24) is 4.98 Å². The van der Waals surface area contributed by atoms with E-state index in [2.05, 4.69) is 18.8 Å². The Bertz CT molecular complexity index is 1350. The number of rotatable bonds is 4. The van der Waals surface area contributed by atoms with Crippen LogP contribution in [0.25, 0.3) is 16.7 Å². The number of nitrogens with one attached hydrogen (secondary N) is 1. The first-order chi connectivity index (χ1) is 15.5. The van der Waals surface area contributed by atoms with Gasteiger partial charge >= 0.3 is 0 Å². The van der Waals surface area contributed by atoms with Crippen molar-refractivity contribution in [2.75, 3.05) is 4.90 Å². The number of carbonyl (C=O) groups is 2. The molecule has 4 aromatic rings. The number of carbonyl (C=O) groups excluding carboxylic acids is 2. The lowest BCUT2D eigenvalue weighted by Crippen LogP contribution is -2.29. The van der Waals surface area contributed by atoms with Crippen molar-refractivity contribution in [3.63, 3.8) is 0 Å². The number of aliphatic hydroxyl groups excluding tert-OH is 1. The maximum atomic E-state index is 13.2. The lowest BCUT2D eigenvalue weighted by atomic mass is 9.99. The monoisotopic (exact) mass is 442 g/mol. The Labute approximate surface area is 189 Å². The first-order valence-electron chi connectivity index (χ1n) is 10.5. The Balaban J connectivity index is 1.69. The van der Waals surface area contributed by atoms with Crippen LogP contribution in [0.4, 0.5) is 5.69 Å². The molecule has 1 aliphatic rings. The number of hydrogen-bond donors (Lipinski definition) is 2. The Morgan fingerprint density at radius 2 is 1.78 bits per heavy atom. The van der Waals surface area contributed by atoms with Crippen LogP contribution in [-0.2, 0) is 9.59 Å². The number of amides is 1. The predicted octanol–water partition coefficient (Wildman–Crippen LogP) is 5.98. The van der Waals surface area contributed by atoms with Crippen molar-refractivity contribution < 1.29 is 14.7 Å². The van der Waals surface area contributed by atoms with Crippen LogP contribution in [0.5, 0.6) is 0 Å². The van der Waals surface area contributed by atoms with Gasteiger partial charge in [0.25, 0.3) is 11.7 Å². The first kappa shape index (κ1) is 20.3. The zero-order valence-electron chi connectivity index (χ0n) is 17.7. The number of ketones is 1. The number of aromatic amines is 1. The number of fused-ring (bicyclic) bond motifs is 1. The van der Waals surface area contributed by atoms with Crippen LogP contribution < -0.4 is 4.90 Å². The summed E-state index contributed by atoms with van der Waals surface area (Å²) < 4.78 is 0. The largest absolute Gasteiger partial charge is 0.507 e. The minimum Gasteiger partial charge on any atom is -0.507 e. The third-order valence-electron chi connectivity index (χ3n) is 5.94. The van der Waals surface area contributed by atoms with E-state index in [1.807, 2.05) is 66.0 Å². The van der Waals surface area contributed by atoms with E-state index in [1.165, 1.54) is 16.2 Å². The van der Waals surface area contributed by atoms with Gasteiger partial charge in [0, 0.05) is 33.2 Å². The molecule has 3 heterocycles. The third kappa shape index (κ3) is 3.15. The molecule has 1 saturated heterocycles. The van der Waals surface area contributed by atoms with Crippen molar-refractivity contribution in [3.05, 3.63) is 93.8 Å². The summed E-state index contributed by atoms with van der Waals surface area (Å²) in [4.78, 5) is 31.9. The highest BCUT2D eigenvalue weighted by molar-refractivity contribution is 7.10. The molecular formula is C26H22N2O3S. The minimum absolute atomic E-state index is 0.107. The van der Waals surface area contributed by atoms with Crippen LogP contribution >= 0.6 is 11.3 Å². The minimum atomic E-state index is -0.687. The fourth-order valence-corrected chi connectivity index (χ4v) is 5.07. The lowest BCUT2D eigenvalue weighted by Gasteiger charge is -2.24. The Morgan fingerprint density at radius 3 is 2.47 bits per heavy atom. The van der Waals surface area contributed by atoms with Crippen LogP contribution in [0.3, 0.4) is 0 Å². The molecule has 2 N–H and O–H groups in total. The highest BCUT2D eigenvalue weighted by Gasteiger charge is 2.47. The van der Waals surface area contributed by atoms with Crippen LogP contribution in [0.15, 0.2) is 77.8 Å². The number of aromatic nitrogens is 1. The number of nitrogens with zero attached hydrogens (tertiary/aromatic N) is 1. The first-order valence-corrected chi connectivity index (χ1v) is 11.4. The Morgan fingerprint density at radius 1 is 1.03 bits per heavy atom. The van der Waals surface area contributed by atoms with Gasteiger partial charge in [-0.05, 0) is 41.1 Å². The summed E-state index contributed by atoms with van der Waals surface area (Å²) >= 11 is 1.45. The molecular weight excluding hydrogens is 420 g/mol. The number of anilines is 1. The van der Waals surface area contributed by atoms with Crippen LogP contribution in [0.2, 0.25) is 0 Å². The van der Waals surface area contributed by atoms with Gasteiger partial charge in [0.2, 0.25) is 0 Å². The number of benzene rings is 2. The van der Waals surface area contributed by atoms with Gasteiger partial charge in [-0.1, -0.05) is 50.2 Å². The number of thiophene rings is 1. The number of para-hydroxylation sites is 1. The molecule has 2 aromatic carbocycles. The number of Topliss-reactive ketones (excluding diaryl/α,β-unsaturated/α-hetero) is 1. The molecule has 5 rings (SSSR count). The summed E-state index contributed by atoms with van der Waals surface area (Å²) in [6.07, 6.45) is 1.68. The molecule has 0 spiro atoms. The second kappa shape index (κ2) is 7.80. The lowest BCUT2D eigenvalue weighted by molar-refractivity contribution is -0.132. The molecule has 160 valence electrons. The summed E-state index contributed by atoms with van der Waals surface area (Å²) in [5.74, 6) is -1.13. The van der Waals surface area contributed by atoms with Crippen molar-refractivity contribution in [2.24, 2.45) is 0 Å². The quantitative estimate of drug-likeness (QED) is 0.232. The molecule has 5 nitrogen and oxygen atoms in total. The zero-order chi connectivity index (χ0) is 22.4. The topological polar surface area (TPSA) is 73.4 Å². The third-order valence-corrected chi connectivity index (χ3v) is 6.86. The van der Waals surface area contributed by atoms with Crippen LogP contribution in [0, 0.1) is 0 Å². The SMILES string of the molecule is CC(C)c1ccc(N2C(=O)C(=O)/C(=C(\O)c3c[nH]c4ccccc34)C2c2cccs2)cc1.